The summed E-state index contributed by atoms with van der Waals surface area (Å²) in [5.41, 5.74) is 2.22. The van der Waals surface area contributed by atoms with Crippen LogP contribution >= 0.6 is 11.6 Å². The highest BCUT2D eigenvalue weighted by Gasteiger charge is 2.29. The van der Waals surface area contributed by atoms with Gasteiger partial charge in [0.05, 0.1) is 4.90 Å². The third-order valence-corrected chi connectivity index (χ3v) is 6.44. The second-order valence-corrected chi connectivity index (χ2v) is 8.68. The third kappa shape index (κ3) is 4.54. The molecular formula is C19H23ClN2O2S. The first-order valence-electron chi connectivity index (χ1n) is 8.56. The lowest BCUT2D eigenvalue weighted by Gasteiger charge is -2.33. The van der Waals surface area contributed by atoms with Gasteiger partial charge in [-0.15, -0.1) is 0 Å². The quantitative estimate of drug-likeness (QED) is 0.813. The molecule has 25 heavy (non-hydrogen) atoms. The summed E-state index contributed by atoms with van der Waals surface area (Å²) in [4.78, 5) is 0.247. The van der Waals surface area contributed by atoms with Crippen LogP contribution in [-0.2, 0) is 10.0 Å². The predicted octanol–water partition coefficient (Wildman–Crippen LogP) is 4.35. The van der Waals surface area contributed by atoms with E-state index in [0.29, 0.717) is 5.02 Å². The van der Waals surface area contributed by atoms with E-state index in [1.54, 1.807) is 12.1 Å². The number of rotatable bonds is 5. The standard InChI is InChI=1S/C19H23ClN2O2S/c1-14-6-2-3-7-17(14)21-18-8-4-5-9-19(18)22-25(23,24)16-12-10-15(20)11-13-16/h2-3,6-7,10-13,18-19,21-22H,4-5,8-9H2,1H3. The summed E-state index contributed by atoms with van der Waals surface area (Å²) >= 11 is 5.86. The van der Waals surface area contributed by atoms with Gasteiger partial charge in [0, 0.05) is 22.8 Å². The van der Waals surface area contributed by atoms with Gasteiger partial charge in [-0.3, -0.25) is 0 Å². The lowest BCUT2D eigenvalue weighted by atomic mass is 9.90. The van der Waals surface area contributed by atoms with Crippen molar-refractivity contribution >= 4 is 27.3 Å². The van der Waals surface area contributed by atoms with Crippen LogP contribution in [-0.4, -0.2) is 20.5 Å². The van der Waals surface area contributed by atoms with Crippen molar-refractivity contribution in [1.29, 1.82) is 0 Å². The molecule has 3 rings (SSSR count). The molecule has 134 valence electrons. The monoisotopic (exact) mass is 378 g/mol. The van der Waals surface area contributed by atoms with Crippen molar-refractivity contribution in [2.45, 2.75) is 49.6 Å². The Morgan fingerprint density at radius 3 is 2.28 bits per heavy atom. The van der Waals surface area contributed by atoms with Gasteiger partial charge in [-0.05, 0) is 55.7 Å². The van der Waals surface area contributed by atoms with E-state index < -0.39 is 10.0 Å². The van der Waals surface area contributed by atoms with Crippen LogP contribution < -0.4 is 10.0 Å². The number of halogens is 1. The topological polar surface area (TPSA) is 58.2 Å². The van der Waals surface area contributed by atoms with E-state index in [4.69, 9.17) is 11.6 Å². The lowest BCUT2D eigenvalue weighted by molar-refractivity contribution is 0.378. The van der Waals surface area contributed by atoms with Gasteiger partial charge in [0.2, 0.25) is 10.0 Å². The molecule has 1 aliphatic rings. The molecule has 1 aliphatic carbocycles. The summed E-state index contributed by atoms with van der Waals surface area (Å²) in [7, 11) is -3.56. The summed E-state index contributed by atoms with van der Waals surface area (Å²) < 4.78 is 28.3. The molecule has 0 bridgehead atoms. The molecule has 1 fully saturated rings. The van der Waals surface area contributed by atoms with Crippen molar-refractivity contribution in [2.24, 2.45) is 0 Å². The number of para-hydroxylation sites is 1. The number of hydrogen-bond acceptors (Lipinski definition) is 3. The van der Waals surface area contributed by atoms with Crippen molar-refractivity contribution in [1.82, 2.24) is 4.72 Å². The number of benzene rings is 2. The minimum Gasteiger partial charge on any atom is -0.380 e. The van der Waals surface area contributed by atoms with Crippen LogP contribution in [0.2, 0.25) is 5.02 Å². The molecule has 2 aromatic carbocycles. The van der Waals surface area contributed by atoms with Crippen LogP contribution in [0.25, 0.3) is 0 Å². The SMILES string of the molecule is Cc1ccccc1NC1CCCCC1NS(=O)(=O)c1ccc(Cl)cc1. The first-order valence-corrected chi connectivity index (χ1v) is 10.4. The van der Waals surface area contributed by atoms with Gasteiger partial charge < -0.3 is 5.32 Å². The Labute approximate surface area is 154 Å². The van der Waals surface area contributed by atoms with E-state index in [2.05, 4.69) is 23.0 Å². The number of hydrogen-bond donors (Lipinski definition) is 2. The molecular weight excluding hydrogens is 356 g/mol. The molecule has 0 aliphatic heterocycles. The van der Waals surface area contributed by atoms with Gasteiger partial charge in [0.1, 0.15) is 0 Å². The molecule has 0 radical (unpaired) electrons. The molecule has 2 unspecified atom stereocenters. The van der Waals surface area contributed by atoms with Crippen molar-refractivity contribution in [2.75, 3.05) is 5.32 Å². The zero-order valence-corrected chi connectivity index (χ0v) is 15.8. The Morgan fingerprint density at radius 1 is 0.960 bits per heavy atom. The molecule has 2 N–H and O–H groups in total. The Morgan fingerprint density at radius 2 is 1.60 bits per heavy atom. The van der Waals surface area contributed by atoms with Crippen molar-refractivity contribution in [3.05, 3.63) is 59.1 Å². The van der Waals surface area contributed by atoms with Gasteiger partial charge in [-0.25, -0.2) is 13.1 Å². The van der Waals surface area contributed by atoms with E-state index in [1.165, 1.54) is 12.1 Å². The van der Waals surface area contributed by atoms with Crippen molar-refractivity contribution in [3.63, 3.8) is 0 Å². The Bertz CT molecular complexity index is 822. The number of nitrogens with one attached hydrogen (secondary N) is 2. The highest BCUT2D eigenvalue weighted by atomic mass is 35.5. The molecule has 0 aromatic heterocycles. The summed E-state index contributed by atoms with van der Waals surface area (Å²) in [5.74, 6) is 0. The fourth-order valence-electron chi connectivity index (χ4n) is 3.26. The average molecular weight is 379 g/mol. The number of aryl methyl sites for hydroxylation is 1. The minimum absolute atomic E-state index is 0.0805. The van der Waals surface area contributed by atoms with E-state index in [0.717, 1.165) is 36.9 Å². The second-order valence-electron chi connectivity index (χ2n) is 6.53. The summed E-state index contributed by atoms with van der Waals surface area (Å²) in [6.45, 7) is 2.05. The second kappa shape index (κ2) is 7.77. The van der Waals surface area contributed by atoms with E-state index in [1.807, 2.05) is 18.2 Å². The van der Waals surface area contributed by atoms with Gasteiger partial charge in [0.25, 0.3) is 0 Å². The van der Waals surface area contributed by atoms with Crippen LogP contribution in [0.4, 0.5) is 5.69 Å². The fraction of sp³-hybridized carbons (Fsp3) is 0.368. The predicted molar refractivity (Wildman–Crippen MR) is 103 cm³/mol. The molecule has 2 aromatic rings. The van der Waals surface area contributed by atoms with Crippen LogP contribution in [0.1, 0.15) is 31.2 Å². The summed E-state index contributed by atoms with van der Waals surface area (Å²) in [5, 5.41) is 4.06. The Balaban J connectivity index is 1.77. The molecule has 2 atom stereocenters. The third-order valence-electron chi connectivity index (χ3n) is 4.68. The Kier molecular flexibility index (Phi) is 5.67. The van der Waals surface area contributed by atoms with E-state index in [9.17, 15) is 8.42 Å². The maximum absolute atomic E-state index is 12.7. The van der Waals surface area contributed by atoms with Gasteiger partial charge >= 0.3 is 0 Å². The largest absolute Gasteiger partial charge is 0.380 e. The highest BCUT2D eigenvalue weighted by Crippen LogP contribution is 2.25. The maximum atomic E-state index is 12.7. The molecule has 0 amide bonds. The van der Waals surface area contributed by atoms with Crippen LogP contribution in [0.3, 0.4) is 0 Å². The zero-order valence-electron chi connectivity index (χ0n) is 14.2. The van der Waals surface area contributed by atoms with Crippen LogP contribution in [0.5, 0.6) is 0 Å². The highest BCUT2D eigenvalue weighted by molar-refractivity contribution is 7.89. The summed E-state index contributed by atoms with van der Waals surface area (Å²) in [6, 6.07) is 14.3. The zero-order chi connectivity index (χ0) is 17.9. The fourth-order valence-corrected chi connectivity index (χ4v) is 4.70. The normalized spacial score (nSPS) is 21.0. The minimum atomic E-state index is -3.56. The van der Waals surface area contributed by atoms with E-state index >= 15 is 0 Å². The van der Waals surface area contributed by atoms with Crippen LogP contribution in [0.15, 0.2) is 53.4 Å². The van der Waals surface area contributed by atoms with Crippen molar-refractivity contribution < 1.29 is 8.42 Å². The van der Waals surface area contributed by atoms with E-state index in [-0.39, 0.29) is 17.0 Å². The molecule has 0 saturated heterocycles. The van der Waals surface area contributed by atoms with Gasteiger partial charge in [0.15, 0.2) is 0 Å². The molecule has 6 heteroatoms. The first-order chi connectivity index (χ1) is 12.0. The summed E-state index contributed by atoms with van der Waals surface area (Å²) in [6.07, 6.45) is 3.90. The lowest BCUT2D eigenvalue weighted by Crippen LogP contribution is -2.48. The molecule has 4 nitrogen and oxygen atoms in total. The van der Waals surface area contributed by atoms with Gasteiger partial charge in [-0.2, -0.15) is 0 Å². The molecule has 0 heterocycles. The van der Waals surface area contributed by atoms with Crippen LogP contribution in [0, 0.1) is 6.92 Å². The van der Waals surface area contributed by atoms with Gasteiger partial charge in [-0.1, -0.05) is 42.6 Å². The van der Waals surface area contributed by atoms with Crippen molar-refractivity contribution in [3.8, 4) is 0 Å². The first kappa shape index (κ1) is 18.2. The average Bonchev–Trinajstić information content (AvgIpc) is 2.59. The smallest absolute Gasteiger partial charge is 0.240 e. The Hall–Kier alpha value is -1.56. The maximum Gasteiger partial charge on any atom is 0.240 e. The molecule has 0 spiro atoms. The number of anilines is 1. The molecule has 1 saturated carbocycles. The number of sulfonamides is 1.